The molecule has 4 heteroatoms. The van der Waals surface area contributed by atoms with E-state index in [4.69, 9.17) is 0 Å². The summed E-state index contributed by atoms with van der Waals surface area (Å²) in [5.74, 6) is 0.693. The van der Waals surface area contributed by atoms with E-state index in [0.29, 0.717) is 12.3 Å². The Morgan fingerprint density at radius 3 is 2.75 bits per heavy atom. The minimum Gasteiger partial charge on any atom is -0.342 e. The fourth-order valence-electron chi connectivity index (χ4n) is 1.90. The molecule has 0 saturated carbocycles. The molecule has 0 N–H and O–H groups in total. The maximum atomic E-state index is 11.9. The number of carbonyl (C=O) groups excluding carboxylic acids is 1. The van der Waals surface area contributed by atoms with Gasteiger partial charge in [0.05, 0.1) is 17.1 Å². The average molecular weight is 238 g/mol. The molecule has 2 rings (SSSR count). The zero-order valence-electron chi connectivity index (χ0n) is 9.90. The van der Waals surface area contributed by atoms with E-state index in [9.17, 15) is 4.79 Å². The van der Waals surface area contributed by atoms with Crippen LogP contribution >= 0.6 is 11.3 Å². The van der Waals surface area contributed by atoms with Crippen LogP contribution in [0.15, 0.2) is 5.38 Å². The Bertz CT molecular complexity index is 367. The van der Waals surface area contributed by atoms with Crippen LogP contribution in [0.5, 0.6) is 0 Å². The lowest BCUT2D eigenvalue weighted by Gasteiger charge is -2.13. The van der Waals surface area contributed by atoms with E-state index < -0.39 is 0 Å². The number of hydrogen-bond donors (Lipinski definition) is 0. The lowest BCUT2D eigenvalue weighted by molar-refractivity contribution is -0.129. The Balaban J connectivity index is 1.95. The number of aromatic nitrogens is 1. The first-order valence-corrected chi connectivity index (χ1v) is 6.77. The van der Waals surface area contributed by atoms with Gasteiger partial charge in [-0.25, -0.2) is 4.98 Å². The Kier molecular flexibility index (Phi) is 3.59. The second kappa shape index (κ2) is 4.95. The van der Waals surface area contributed by atoms with Crippen molar-refractivity contribution in [2.24, 2.45) is 0 Å². The largest absolute Gasteiger partial charge is 0.342 e. The molecule has 0 radical (unpaired) electrons. The summed E-state index contributed by atoms with van der Waals surface area (Å²) in [5, 5.41) is 3.15. The number of likely N-dealkylation sites (tertiary alicyclic amines) is 1. The van der Waals surface area contributed by atoms with Crippen molar-refractivity contribution in [3.05, 3.63) is 16.1 Å². The number of amides is 1. The third-order valence-electron chi connectivity index (χ3n) is 2.85. The van der Waals surface area contributed by atoms with E-state index in [-0.39, 0.29) is 5.91 Å². The van der Waals surface area contributed by atoms with Crippen LogP contribution in [0.1, 0.15) is 43.3 Å². The molecule has 1 amide bonds. The lowest BCUT2D eigenvalue weighted by atomic mass is 10.2. The summed E-state index contributed by atoms with van der Waals surface area (Å²) in [4.78, 5) is 18.3. The average Bonchev–Trinajstić information content (AvgIpc) is 2.87. The van der Waals surface area contributed by atoms with E-state index in [1.54, 1.807) is 11.3 Å². The second-order valence-corrected chi connectivity index (χ2v) is 5.49. The van der Waals surface area contributed by atoms with Gasteiger partial charge in [-0.05, 0) is 12.8 Å². The summed E-state index contributed by atoms with van der Waals surface area (Å²) in [6, 6.07) is 0. The fourth-order valence-corrected chi connectivity index (χ4v) is 2.74. The van der Waals surface area contributed by atoms with Crippen molar-refractivity contribution in [1.82, 2.24) is 9.88 Å². The van der Waals surface area contributed by atoms with Gasteiger partial charge in [-0.1, -0.05) is 13.8 Å². The summed E-state index contributed by atoms with van der Waals surface area (Å²) < 4.78 is 0. The number of hydrogen-bond acceptors (Lipinski definition) is 3. The maximum absolute atomic E-state index is 11.9. The maximum Gasteiger partial charge on any atom is 0.228 e. The molecule has 2 heterocycles. The molecule has 1 saturated heterocycles. The molecule has 1 aliphatic heterocycles. The Labute approximate surface area is 100 Å². The van der Waals surface area contributed by atoms with Crippen molar-refractivity contribution in [2.75, 3.05) is 13.1 Å². The smallest absolute Gasteiger partial charge is 0.228 e. The molecular weight excluding hydrogens is 220 g/mol. The van der Waals surface area contributed by atoms with Gasteiger partial charge >= 0.3 is 0 Å². The van der Waals surface area contributed by atoms with Crippen LogP contribution in [-0.4, -0.2) is 28.9 Å². The van der Waals surface area contributed by atoms with E-state index in [1.165, 1.54) is 0 Å². The first-order chi connectivity index (χ1) is 7.66. The number of nitrogens with zero attached hydrogens (tertiary/aromatic N) is 2. The summed E-state index contributed by atoms with van der Waals surface area (Å²) in [6.45, 7) is 6.12. The van der Waals surface area contributed by atoms with Gasteiger partial charge in [-0.15, -0.1) is 11.3 Å². The van der Waals surface area contributed by atoms with Crippen molar-refractivity contribution in [2.45, 2.75) is 39.0 Å². The Morgan fingerprint density at radius 2 is 2.19 bits per heavy atom. The van der Waals surface area contributed by atoms with Gasteiger partial charge in [-0.2, -0.15) is 0 Å². The monoisotopic (exact) mass is 238 g/mol. The highest BCUT2D eigenvalue weighted by Gasteiger charge is 2.19. The van der Waals surface area contributed by atoms with Crippen molar-refractivity contribution in [3.8, 4) is 0 Å². The van der Waals surface area contributed by atoms with Gasteiger partial charge in [0.2, 0.25) is 5.91 Å². The summed E-state index contributed by atoms with van der Waals surface area (Å²) >= 11 is 1.66. The molecule has 0 aliphatic carbocycles. The van der Waals surface area contributed by atoms with Crippen LogP contribution in [0.2, 0.25) is 0 Å². The van der Waals surface area contributed by atoms with E-state index >= 15 is 0 Å². The van der Waals surface area contributed by atoms with Gasteiger partial charge in [0.1, 0.15) is 0 Å². The molecule has 1 fully saturated rings. The topological polar surface area (TPSA) is 33.2 Å². The Morgan fingerprint density at radius 1 is 1.50 bits per heavy atom. The highest BCUT2D eigenvalue weighted by atomic mass is 32.1. The quantitative estimate of drug-likeness (QED) is 0.810. The molecule has 0 unspecified atom stereocenters. The summed E-state index contributed by atoms with van der Waals surface area (Å²) in [7, 11) is 0. The fraction of sp³-hybridized carbons (Fsp3) is 0.667. The van der Waals surface area contributed by atoms with Gasteiger partial charge in [0, 0.05) is 24.4 Å². The van der Waals surface area contributed by atoms with Crippen molar-refractivity contribution < 1.29 is 4.79 Å². The van der Waals surface area contributed by atoms with E-state index in [1.807, 2.05) is 10.3 Å². The predicted octanol–water partition coefficient (Wildman–Crippen LogP) is 2.43. The molecule has 1 aliphatic rings. The van der Waals surface area contributed by atoms with Crippen molar-refractivity contribution in [3.63, 3.8) is 0 Å². The van der Waals surface area contributed by atoms with Crippen LogP contribution in [0, 0.1) is 0 Å². The number of thiazole rings is 1. The molecule has 3 nitrogen and oxygen atoms in total. The summed E-state index contributed by atoms with van der Waals surface area (Å²) in [5.41, 5.74) is 0.936. The first kappa shape index (κ1) is 11.6. The van der Waals surface area contributed by atoms with Gasteiger partial charge < -0.3 is 4.90 Å². The predicted molar refractivity (Wildman–Crippen MR) is 65.7 cm³/mol. The highest BCUT2D eigenvalue weighted by molar-refractivity contribution is 7.09. The highest BCUT2D eigenvalue weighted by Crippen LogP contribution is 2.20. The zero-order valence-corrected chi connectivity index (χ0v) is 10.7. The van der Waals surface area contributed by atoms with Crippen molar-refractivity contribution in [1.29, 1.82) is 0 Å². The molecule has 16 heavy (non-hydrogen) atoms. The van der Waals surface area contributed by atoms with Crippen LogP contribution in [0.4, 0.5) is 0 Å². The van der Waals surface area contributed by atoms with E-state index in [2.05, 4.69) is 18.8 Å². The molecular formula is C12H18N2OS. The number of rotatable bonds is 3. The third kappa shape index (κ3) is 2.61. The normalized spacial score (nSPS) is 16.1. The third-order valence-corrected chi connectivity index (χ3v) is 4.05. The van der Waals surface area contributed by atoms with Gasteiger partial charge in [-0.3, -0.25) is 4.79 Å². The first-order valence-electron chi connectivity index (χ1n) is 5.89. The lowest BCUT2D eigenvalue weighted by Crippen LogP contribution is -2.29. The van der Waals surface area contributed by atoms with Crippen LogP contribution in [0.3, 0.4) is 0 Å². The van der Waals surface area contributed by atoms with Crippen LogP contribution in [0.25, 0.3) is 0 Å². The Hall–Kier alpha value is -0.900. The number of carbonyl (C=O) groups is 1. The molecule has 1 aromatic heterocycles. The van der Waals surface area contributed by atoms with Crippen LogP contribution in [-0.2, 0) is 11.2 Å². The molecule has 1 aromatic rings. The van der Waals surface area contributed by atoms with Crippen LogP contribution < -0.4 is 0 Å². The second-order valence-electron chi connectivity index (χ2n) is 4.60. The zero-order chi connectivity index (χ0) is 11.5. The van der Waals surface area contributed by atoms with Gasteiger partial charge in [0.25, 0.3) is 0 Å². The minimum absolute atomic E-state index is 0.234. The SMILES string of the molecule is CC(C)c1nc(CC(=O)N2CCCC2)cs1. The standard InChI is InChI=1S/C12H18N2OS/c1-9(2)12-13-10(8-16-12)7-11(15)14-5-3-4-6-14/h8-9H,3-7H2,1-2H3. The minimum atomic E-state index is 0.234. The molecule has 0 spiro atoms. The molecule has 0 bridgehead atoms. The van der Waals surface area contributed by atoms with E-state index in [0.717, 1.165) is 36.6 Å². The molecule has 88 valence electrons. The van der Waals surface area contributed by atoms with Gasteiger partial charge in [0.15, 0.2) is 0 Å². The van der Waals surface area contributed by atoms with Crippen molar-refractivity contribution >= 4 is 17.2 Å². The summed E-state index contributed by atoms with van der Waals surface area (Å²) in [6.07, 6.45) is 2.78. The molecule has 0 aromatic carbocycles. The molecule has 0 atom stereocenters.